The molecule has 4 nitrogen and oxygen atoms in total. The molecule has 0 saturated carbocycles. The van der Waals surface area contributed by atoms with E-state index in [1.165, 1.54) is 7.11 Å². The Balaban J connectivity index is 2.40. The zero-order valence-electron chi connectivity index (χ0n) is 11.1. The van der Waals surface area contributed by atoms with Gasteiger partial charge in [0.2, 0.25) is 0 Å². The summed E-state index contributed by atoms with van der Waals surface area (Å²) in [4.78, 5) is 11.6. The van der Waals surface area contributed by atoms with Gasteiger partial charge in [-0.05, 0) is 13.3 Å². The minimum absolute atomic E-state index is 0.183. The molecule has 1 saturated heterocycles. The summed E-state index contributed by atoms with van der Waals surface area (Å²) in [7, 11) is 1.43. The molecule has 17 heavy (non-hydrogen) atoms. The van der Waals surface area contributed by atoms with Gasteiger partial charge in [0, 0.05) is 23.7 Å². The number of esters is 1. The average Bonchev–Trinajstić information content (AvgIpc) is 2.68. The second-order valence-electron chi connectivity index (χ2n) is 4.63. The molecule has 1 heterocycles. The molecule has 3 unspecified atom stereocenters. The lowest BCUT2D eigenvalue weighted by atomic mass is 10.2. The molecule has 1 N–H and O–H groups in total. The van der Waals surface area contributed by atoms with Gasteiger partial charge < -0.3 is 14.8 Å². The first-order chi connectivity index (χ1) is 8.04. The maximum Gasteiger partial charge on any atom is 0.323 e. The number of nitrogens with one attached hydrogen (secondary N) is 1. The molecule has 0 aromatic heterocycles. The van der Waals surface area contributed by atoms with Crippen molar-refractivity contribution in [3.05, 3.63) is 0 Å². The van der Waals surface area contributed by atoms with Gasteiger partial charge in [0.05, 0.1) is 13.2 Å². The number of carbonyl (C=O) groups excluding carboxylic acids is 1. The fourth-order valence-corrected chi connectivity index (χ4v) is 3.16. The summed E-state index contributed by atoms with van der Waals surface area (Å²) in [5.74, 6) is 0.557. The third-order valence-corrected chi connectivity index (χ3v) is 4.38. The van der Waals surface area contributed by atoms with Crippen LogP contribution < -0.4 is 5.32 Å². The fourth-order valence-electron chi connectivity index (χ4n) is 1.88. The van der Waals surface area contributed by atoms with Crippen molar-refractivity contribution in [3.8, 4) is 0 Å². The summed E-state index contributed by atoms with van der Waals surface area (Å²) in [6.07, 6.45) is 1.36. The Bertz CT molecular complexity index is 248. The lowest BCUT2D eigenvalue weighted by Crippen LogP contribution is -2.43. The summed E-state index contributed by atoms with van der Waals surface area (Å²) in [5, 5.41) is 3.73. The Morgan fingerprint density at radius 2 is 2.29 bits per heavy atom. The highest BCUT2D eigenvalue weighted by Crippen LogP contribution is 2.26. The fraction of sp³-hybridized carbons (Fsp3) is 0.917. The van der Waals surface area contributed by atoms with E-state index in [1.54, 1.807) is 11.8 Å². The van der Waals surface area contributed by atoms with Crippen LogP contribution in [0.5, 0.6) is 0 Å². The zero-order valence-corrected chi connectivity index (χ0v) is 11.9. The topological polar surface area (TPSA) is 47.6 Å². The molecular formula is C12H23NO3S. The summed E-state index contributed by atoms with van der Waals surface area (Å²) in [6, 6.07) is 0.0507. The molecular weight excluding hydrogens is 238 g/mol. The van der Waals surface area contributed by atoms with Crippen molar-refractivity contribution in [2.45, 2.75) is 50.6 Å². The van der Waals surface area contributed by atoms with Gasteiger partial charge >= 0.3 is 5.97 Å². The molecule has 1 fully saturated rings. The Morgan fingerprint density at radius 3 is 2.76 bits per heavy atom. The van der Waals surface area contributed by atoms with E-state index in [-0.39, 0.29) is 24.2 Å². The van der Waals surface area contributed by atoms with Crippen molar-refractivity contribution >= 4 is 17.7 Å². The molecule has 0 spiro atoms. The highest BCUT2D eigenvalue weighted by atomic mass is 32.2. The number of carbonyl (C=O) groups is 1. The number of methoxy groups -OCH3 is 1. The maximum absolute atomic E-state index is 11.6. The first-order valence-corrected chi connectivity index (χ1v) is 7.16. The number of hydrogen-bond acceptors (Lipinski definition) is 5. The van der Waals surface area contributed by atoms with Crippen molar-refractivity contribution < 1.29 is 14.3 Å². The van der Waals surface area contributed by atoms with Crippen LogP contribution >= 0.6 is 11.8 Å². The van der Waals surface area contributed by atoms with Crippen LogP contribution in [0.2, 0.25) is 0 Å². The standard InChI is InChI=1S/C12H23NO3S/c1-8(2)13-10(12(14)15-4)7-17-11-5-6-16-9(11)3/h8-11,13H,5-7H2,1-4H3. The van der Waals surface area contributed by atoms with Crippen molar-refractivity contribution in [3.63, 3.8) is 0 Å². The van der Waals surface area contributed by atoms with E-state index in [1.807, 2.05) is 13.8 Å². The SMILES string of the molecule is COC(=O)C(CSC1CCOC1C)NC(C)C. The van der Waals surface area contributed by atoms with Crippen molar-refractivity contribution in [2.24, 2.45) is 0 Å². The Morgan fingerprint density at radius 1 is 1.59 bits per heavy atom. The Labute approximate surface area is 108 Å². The Kier molecular flexibility index (Phi) is 6.30. The van der Waals surface area contributed by atoms with Gasteiger partial charge in [0.1, 0.15) is 6.04 Å². The quantitative estimate of drug-likeness (QED) is 0.733. The van der Waals surface area contributed by atoms with Crippen molar-refractivity contribution in [2.75, 3.05) is 19.5 Å². The highest BCUT2D eigenvalue weighted by Gasteiger charge is 2.27. The van der Waals surface area contributed by atoms with Crippen LogP contribution in [0.3, 0.4) is 0 Å². The molecule has 0 aromatic rings. The van der Waals surface area contributed by atoms with Crippen molar-refractivity contribution in [1.29, 1.82) is 0 Å². The molecule has 1 rings (SSSR count). The first-order valence-electron chi connectivity index (χ1n) is 6.11. The van der Waals surface area contributed by atoms with Gasteiger partial charge in [-0.2, -0.15) is 11.8 Å². The molecule has 0 bridgehead atoms. The monoisotopic (exact) mass is 261 g/mol. The van der Waals surface area contributed by atoms with Crippen LogP contribution in [0.1, 0.15) is 27.2 Å². The van der Waals surface area contributed by atoms with E-state index in [9.17, 15) is 4.79 Å². The molecule has 0 radical (unpaired) electrons. The lowest BCUT2D eigenvalue weighted by molar-refractivity contribution is -0.142. The molecule has 1 aliphatic rings. The third-order valence-electron chi connectivity index (χ3n) is 2.80. The average molecular weight is 261 g/mol. The van der Waals surface area contributed by atoms with Crippen LogP contribution in [0, 0.1) is 0 Å². The normalized spacial score (nSPS) is 26.2. The number of ether oxygens (including phenoxy) is 2. The van der Waals surface area contributed by atoms with Gasteiger partial charge in [-0.25, -0.2) is 0 Å². The number of rotatable bonds is 6. The molecule has 5 heteroatoms. The van der Waals surface area contributed by atoms with Crippen molar-refractivity contribution in [1.82, 2.24) is 5.32 Å². The predicted molar refractivity (Wildman–Crippen MR) is 70.4 cm³/mol. The van der Waals surface area contributed by atoms with Crippen LogP contribution in [0.25, 0.3) is 0 Å². The molecule has 100 valence electrons. The summed E-state index contributed by atoms with van der Waals surface area (Å²) < 4.78 is 10.3. The van der Waals surface area contributed by atoms with Crippen LogP contribution in [-0.4, -0.2) is 48.9 Å². The van der Waals surface area contributed by atoms with Gasteiger partial charge in [-0.3, -0.25) is 4.79 Å². The first kappa shape index (κ1) is 14.8. The summed E-state index contributed by atoms with van der Waals surface area (Å²) >= 11 is 1.80. The second-order valence-corrected chi connectivity index (χ2v) is 5.91. The van der Waals surface area contributed by atoms with Crippen LogP contribution in [0.4, 0.5) is 0 Å². The largest absolute Gasteiger partial charge is 0.468 e. The van der Waals surface area contributed by atoms with E-state index in [0.717, 1.165) is 18.8 Å². The van der Waals surface area contributed by atoms with E-state index >= 15 is 0 Å². The van der Waals surface area contributed by atoms with Gasteiger partial charge in [0.15, 0.2) is 0 Å². The van der Waals surface area contributed by atoms with E-state index in [0.29, 0.717) is 5.25 Å². The van der Waals surface area contributed by atoms with Crippen LogP contribution in [0.15, 0.2) is 0 Å². The Hall–Kier alpha value is -0.260. The van der Waals surface area contributed by atoms with E-state index < -0.39 is 0 Å². The second kappa shape index (κ2) is 7.24. The lowest BCUT2D eigenvalue weighted by Gasteiger charge is -2.21. The number of thioether (sulfide) groups is 1. The highest BCUT2D eigenvalue weighted by molar-refractivity contribution is 8.00. The van der Waals surface area contributed by atoms with E-state index in [4.69, 9.17) is 9.47 Å². The molecule has 0 aromatic carbocycles. The van der Waals surface area contributed by atoms with Crippen LogP contribution in [-0.2, 0) is 14.3 Å². The van der Waals surface area contributed by atoms with Gasteiger partial charge in [-0.15, -0.1) is 0 Å². The van der Waals surface area contributed by atoms with E-state index in [2.05, 4.69) is 12.2 Å². The zero-order chi connectivity index (χ0) is 12.8. The van der Waals surface area contributed by atoms with Gasteiger partial charge in [0.25, 0.3) is 0 Å². The molecule has 3 atom stereocenters. The third kappa shape index (κ3) is 4.85. The summed E-state index contributed by atoms with van der Waals surface area (Å²) in [6.45, 7) is 6.98. The van der Waals surface area contributed by atoms with Gasteiger partial charge in [-0.1, -0.05) is 13.8 Å². The smallest absolute Gasteiger partial charge is 0.323 e. The number of hydrogen-bond donors (Lipinski definition) is 1. The molecule has 0 aliphatic carbocycles. The summed E-state index contributed by atoms with van der Waals surface area (Å²) in [5.41, 5.74) is 0. The maximum atomic E-state index is 11.6. The minimum atomic E-state index is -0.224. The minimum Gasteiger partial charge on any atom is -0.468 e. The predicted octanol–water partition coefficient (Wildman–Crippen LogP) is 1.44. The molecule has 0 amide bonds. The molecule has 1 aliphatic heterocycles.